The van der Waals surface area contributed by atoms with Crippen LogP contribution in [0.15, 0.2) is 53.2 Å². The highest BCUT2D eigenvalue weighted by molar-refractivity contribution is 5.89. The first-order valence-corrected chi connectivity index (χ1v) is 9.93. The van der Waals surface area contributed by atoms with Crippen LogP contribution in [0.2, 0.25) is 0 Å². The van der Waals surface area contributed by atoms with Crippen LogP contribution in [0.5, 0.6) is 5.75 Å². The molecule has 0 aliphatic carbocycles. The molecule has 2 aromatic heterocycles. The number of aromatic nitrogens is 3. The molecule has 1 fully saturated rings. The molecule has 1 atom stereocenters. The van der Waals surface area contributed by atoms with Crippen LogP contribution in [0.1, 0.15) is 17.9 Å². The lowest BCUT2D eigenvalue weighted by atomic mass is 10.1. The molecule has 31 heavy (non-hydrogen) atoms. The molecule has 3 aromatic rings. The van der Waals surface area contributed by atoms with Gasteiger partial charge < -0.3 is 19.1 Å². The molecular formula is C22H23N5O4. The normalized spacial score (nSPS) is 15.9. The summed E-state index contributed by atoms with van der Waals surface area (Å²) in [7, 11) is 3.27. The quantitative estimate of drug-likeness (QED) is 0.576. The van der Waals surface area contributed by atoms with Gasteiger partial charge in [0.15, 0.2) is 0 Å². The summed E-state index contributed by atoms with van der Waals surface area (Å²) in [4.78, 5) is 37.1. The fraction of sp³-hybridized carbons (Fsp3) is 0.318. The summed E-state index contributed by atoms with van der Waals surface area (Å²) in [6.07, 6.45) is 1.83. The molecule has 0 bridgehead atoms. The second-order valence-electron chi connectivity index (χ2n) is 7.41. The summed E-state index contributed by atoms with van der Waals surface area (Å²) in [6.45, 7) is 0.937. The largest absolute Gasteiger partial charge is 0.496 e. The van der Waals surface area contributed by atoms with E-state index in [1.54, 1.807) is 37.4 Å². The van der Waals surface area contributed by atoms with Crippen LogP contribution < -0.4 is 4.74 Å². The SMILES string of the molecule is COc1ccccc1CN1CC(C(=O)N(C)Cc2nc(-c3ccccn3)no2)CC1=O. The van der Waals surface area contributed by atoms with E-state index in [1.165, 1.54) is 4.90 Å². The Balaban J connectivity index is 1.37. The van der Waals surface area contributed by atoms with E-state index in [1.807, 2.05) is 30.3 Å². The summed E-state index contributed by atoms with van der Waals surface area (Å²) in [5, 5.41) is 3.92. The van der Waals surface area contributed by atoms with Crippen LogP contribution in [0.4, 0.5) is 0 Å². The summed E-state index contributed by atoms with van der Waals surface area (Å²) < 4.78 is 10.6. The zero-order chi connectivity index (χ0) is 21.8. The molecule has 1 aliphatic heterocycles. The van der Waals surface area contributed by atoms with Gasteiger partial charge in [0, 0.05) is 38.3 Å². The van der Waals surface area contributed by atoms with Crippen molar-refractivity contribution in [3.05, 3.63) is 60.1 Å². The molecular weight excluding hydrogens is 398 g/mol. The molecule has 4 rings (SSSR count). The Morgan fingerprint density at radius 2 is 2.06 bits per heavy atom. The molecule has 9 nitrogen and oxygen atoms in total. The van der Waals surface area contributed by atoms with Crippen LogP contribution in [-0.2, 0) is 22.7 Å². The van der Waals surface area contributed by atoms with Crippen LogP contribution >= 0.6 is 0 Å². The first-order valence-electron chi connectivity index (χ1n) is 9.93. The van der Waals surface area contributed by atoms with Crippen LogP contribution in [0.3, 0.4) is 0 Å². The van der Waals surface area contributed by atoms with Crippen LogP contribution in [-0.4, -0.2) is 57.4 Å². The molecule has 2 amide bonds. The number of carbonyl (C=O) groups excluding carboxylic acids is 2. The number of rotatable bonds is 7. The van der Waals surface area contributed by atoms with Crippen molar-refractivity contribution in [1.29, 1.82) is 0 Å². The number of nitrogens with zero attached hydrogens (tertiary/aromatic N) is 5. The van der Waals surface area contributed by atoms with Crippen molar-refractivity contribution in [1.82, 2.24) is 24.9 Å². The molecule has 0 spiro atoms. The first kappa shape index (κ1) is 20.5. The average Bonchev–Trinajstić information content (AvgIpc) is 3.41. The van der Waals surface area contributed by atoms with Gasteiger partial charge in [0.25, 0.3) is 0 Å². The minimum absolute atomic E-state index is 0.0483. The number of pyridine rings is 1. The number of para-hydroxylation sites is 1. The van der Waals surface area contributed by atoms with Gasteiger partial charge in [-0.05, 0) is 18.2 Å². The van der Waals surface area contributed by atoms with E-state index in [0.717, 1.165) is 11.3 Å². The van der Waals surface area contributed by atoms with Crippen molar-refractivity contribution >= 4 is 11.8 Å². The maximum atomic E-state index is 12.9. The van der Waals surface area contributed by atoms with Crippen molar-refractivity contribution in [2.45, 2.75) is 19.5 Å². The standard InChI is InChI=1S/C22H23N5O4/c1-26(14-19-24-21(25-31-19)17-8-5-6-10-23-17)22(29)16-11-20(28)27(13-16)12-15-7-3-4-9-18(15)30-2/h3-10,16H,11-14H2,1-2H3. The minimum Gasteiger partial charge on any atom is -0.496 e. The van der Waals surface area contributed by atoms with Crippen LogP contribution in [0.25, 0.3) is 11.5 Å². The predicted octanol–water partition coefficient (Wildman–Crippen LogP) is 2.15. The molecule has 0 radical (unpaired) electrons. The predicted molar refractivity (Wildman–Crippen MR) is 111 cm³/mol. The van der Waals surface area contributed by atoms with E-state index < -0.39 is 5.92 Å². The third kappa shape index (κ3) is 4.55. The zero-order valence-corrected chi connectivity index (χ0v) is 17.4. The Labute approximate surface area is 179 Å². The molecule has 1 aromatic carbocycles. The van der Waals surface area contributed by atoms with E-state index in [4.69, 9.17) is 9.26 Å². The van der Waals surface area contributed by atoms with Gasteiger partial charge in [-0.3, -0.25) is 14.6 Å². The highest BCUT2D eigenvalue weighted by atomic mass is 16.5. The van der Waals surface area contributed by atoms with Gasteiger partial charge in [0.05, 0.1) is 19.6 Å². The van der Waals surface area contributed by atoms with Gasteiger partial charge in [-0.1, -0.05) is 29.4 Å². The average molecular weight is 421 g/mol. The number of likely N-dealkylation sites (tertiary alicyclic amines) is 1. The van der Waals surface area contributed by atoms with E-state index in [-0.39, 0.29) is 24.8 Å². The second-order valence-corrected chi connectivity index (χ2v) is 7.41. The van der Waals surface area contributed by atoms with Crippen LogP contribution in [0, 0.1) is 5.92 Å². The Morgan fingerprint density at radius 1 is 1.26 bits per heavy atom. The van der Waals surface area contributed by atoms with E-state index in [2.05, 4.69) is 15.1 Å². The lowest BCUT2D eigenvalue weighted by molar-refractivity contribution is -0.135. The fourth-order valence-corrected chi connectivity index (χ4v) is 3.64. The Kier molecular flexibility index (Phi) is 5.92. The van der Waals surface area contributed by atoms with Crippen molar-refractivity contribution in [3.8, 4) is 17.3 Å². The van der Waals surface area contributed by atoms with E-state index >= 15 is 0 Å². The maximum absolute atomic E-state index is 12.9. The Hall–Kier alpha value is -3.75. The van der Waals surface area contributed by atoms with Crippen molar-refractivity contribution in [2.75, 3.05) is 20.7 Å². The third-order valence-corrected chi connectivity index (χ3v) is 5.23. The lowest BCUT2D eigenvalue weighted by Gasteiger charge is -2.20. The number of carbonyl (C=O) groups is 2. The fourth-order valence-electron chi connectivity index (χ4n) is 3.64. The topological polar surface area (TPSA) is 102 Å². The lowest BCUT2D eigenvalue weighted by Crippen LogP contribution is -2.34. The molecule has 1 saturated heterocycles. The smallest absolute Gasteiger partial charge is 0.246 e. The maximum Gasteiger partial charge on any atom is 0.246 e. The molecule has 0 saturated carbocycles. The monoisotopic (exact) mass is 421 g/mol. The summed E-state index contributed by atoms with van der Waals surface area (Å²) in [5.41, 5.74) is 1.51. The summed E-state index contributed by atoms with van der Waals surface area (Å²) in [5.74, 6) is 0.816. The molecule has 0 N–H and O–H groups in total. The second kappa shape index (κ2) is 8.95. The number of hydrogen-bond donors (Lipinski definition) is 0. The van der Waals surface area contributed by atoms with Gasteiger partial charge in [0.1, 0.15) is 11.4 Å². The molecule has 1 unspecified atom stereocenters. The number of methoxy groups -OCH3 is 1. The Bertz CT molecular complexity index is 1070. The molecule has 3 heterocycles. The van der Waals surface area contributed by atoms with Gasteiger partial charge in [-0.2, -0.15) is 4.98 Å². The third-order valence-electron chi connectivity index (χ3n) is 5.23. The molecule has 1 aliphatic rings. The zero-order valence-electron chi connectivity index (χ0n) is 17.4. The van der Waals surface area contributed by atoms with Gasteiger partial charge in [-0.15, -0.1) is 0 Å². The van der Waals surface area contributed by atoms with Crippen molar-refractivity contribution in [3.63, 3.8) is 0 Å². The van der Waals surface area contributed by atoms with Crippen molar-refractivity contribution < 1.29 is 18.8 Å². The van der Waals surface area contributed by atoms with Gasteiger partial charge in [-0.25, -0.2) is 0 Å². The number of amides is 2. The summed E-state index contributed by atoms with van der Waals surface area (Å²) in [6, 6.07) is 13.0. The van der Waals surface area contributed by atoms with Gasteiger partial charge in [0.2, 0.25) is 23.5 Å². The summed E-state index contributed by atoms with van der Waals surface area (Å²) >= 11 is 0. The molecule has 160 valence electrons. The first-order chi connectivity index (χ1) is 15.0. The minimum atomic E-state index is -0.412. The highest BCUT2D eigenvalue weighted by Gasteiger charge is 2.36. The molecule has 9 heteroatoms. The number of benzene rings is 1. The van der Waals surface area contributed by atoms with E-state index in [9.17, 15) is 9.59 Å². The number of hydrogen-bond acceptors (Lipinski definition) is 7. The van der Waals surface area contributed by atoms with E-state index in [0.29, 0.717) is 30.5 Å². The van der Waals surface area contributed by atoms with Gasteiger partial charge >= 0.3 is 0 Å². The highest BCUT2D eigenvalue weighted by Crippen LogP contribution is 2.26. The number of ether oxygens (including phenoxy) is 1. The Morgan fingerprint density at radius 3 is 2.84 bits per heavy atom. The van der Waals surface area contributed by atoms with Crippen molar-refractivity contribution in [2.24, 2.45) is 5.92 Å².